The summed E-state index contributed by atoms with van der Waals surface area (Å²) < 4.78 is 10.1. The van der Waals surface area contributed by atoms with Crippen LogP contribution in [0.3, 0.4) is 0 Å². The van der Waals surface area contributed by atoms with Gasteiger partial charge >= 0.3 is 5.97 Å². The van der Waals surface area contributed by atoms with Crippen molar-refractivity contribution in [3.63, 3.8) is 0 Å². The maximum Gasteiger partial charge on any atom is 0.309 e. The van der Waals surface area contributed by atoms with Gasteiger partial charge in [-0.2, -0.15) is 0 Å². The minimum atomic E-state index is -0.0470. The Labute approximate surface area is 127 Å². The highest BCUT2D eigenvalue weighted by Crippen LogP contribution is 2.37. The first-order valence-corrected chi connectivity index (χ1v) is 7.99. The Hall–Kier alpha value is -1.35. The zero-order valence-electron chi connectivity index (χ0n) is 13.1. The van der Waals surface area contributed by atoms with Crippen LogP contribution in [-0.4, -0.2) is 26.3 Å². The maximum absolute atomic E-state index is 12.0. The van der Waals surface area contributed by atoms with Crippen LogP contribution in [-0.2, 0) is 20.7 Å². The number of aryl methyl sites for hydroxylation is 1. The van der Waals surface area contributed by atoms with E-state index in [1.54, 1.807) is 7.11 Å². The molecule has 0 bridgehead atoms. The minimum Gasteiger partial charge on any atom is -0.463 e. The van der Waals surface area contributed by atoms with E-state index in [2.05, 4.69) is 31.2 Å². The normalized spacial score (nSPS) is 22.0. The molecule has 0 radical (unpaired) electrons. The van der Waals surface area contributed by atoms with Gasteiger partial charge in [-0.15, -0.1) is 0 Å². The van der Waals surface area contributed by atoms with Crippen LogP contribution >= 0.6 is 0 Å². The van der Waals surface area contributed by atoms with E-state index in [-0.39, 0.29) is 11.9 Å². The van der Waals surface area contributed by atoms with Gasteiger partial charge in [-0.05, 0) is 49.1 Å². The van der Waals surface area contributed by atoms with Crippen molar-refractivity contribution in [2.24, 2.45) is 5.92 Å². The predicted molar refractivity (Wildman–Crippen MR) is 83.4 cm³/mol. The fourth-order valence-electron chi connectivity index (χ4n) is 3.24. The second-order valence-electron chi connectivity index (χ2n) is 5.76. The second kappa shape index (κ2) is 8.18. The topological polar surface area (TPSA) is 35.5 Å². The molecule has 2 rings (SSSR count). The van der Waals surface area contributed by atoms with Crippen molar-refractivity contribution in [1.29, 1.82) is 0 Å². The smallest absolute Gasteiger partial charge is 0.309 e. The SMILES string of the molecule is CCc1ccccc1C1CCC(C(=O)OCCOC)CC1. The summed E-state index contributed by atoms with van der Waals surface area (Å²) in [4.78, 5) is 12.0. The molecule has 0 N–H and O–H groups in total. The number of hydrogen-bond donors (Lipinski definition) is 0. The monoisotopic (exact) mass is 290 g/mol. The molecule has 1 saturated carbocycles. The second-order valence-corrected chi connectivity index (χ2v) is 5.76. The molecule has 1 aromatic carbocycles. The third-order valence-corrected chi connectivity index (χ3v) is 4.47. The van der Waals surface area contributed by atoms with Crippen LogP contribution in [0.5, 0.6) is 0 Å². The molecule has 1 aromatic rings. The van der Waals surface area contributed by atoms with Gasteiger partial charge in [-0.3, -0.25) is 4.79 Å². The Balaban J connectivity index is 1.87. The maximum atomic E-state index is 12.0. The molecule has 1 aliphatic rings. The van der Waals surface area contributed by atoms with Crippen molar-refractivity contribution in [2.75, 3.05) is 20.3 Å². The standard InChI is InChI=1S/C18H26O3/c1-3-14-6-4-5-7-17(14)15-8-10-16(11-9-15)18(19)21-13-12-20-2/h4-7,15-16H,3,8-13H2,1-2H3. The molecule has 0 saturated heterocycles. The minimum absolute atomic E-state index is 0.0470. The van der Waals surface area contributed by atoms with E-state index >= 15 is 0 Å². The van der Waals surface area contributed by atoms with Crippen molar-refractivity contribution < 1.29 is 14.3 Å². The van der Waals surface area contributed by atoms with E-state index in [9.17, 15) is 4.79 Å². The zero-order chi connectivity index (χ0) is 15.1. The first kappa shape index (κ1) is 16.0. The van der Waals surface area contributed by atoms with E-state index in [0.29, 0.717) is 19.1 Å². The van der Waals surface area contributed by atoms with Crippen LogP contribution in [0.15, 0.2) is 24.3 Å². The van der Waals surface area contributed by atoms with Crippen LogP contribution in [0.1, 0.15) is 49.7 Å². The molecule has 3 heteroatoms. The van der Waals surface area contributed by atoms with Gasteiger partial charge in [0, 0.05) is 7.11 Å². The Morgan fingerprint density at radius 2 is 1.86 bits per heavy atom. The van der Waals surface area contributed by atoms with Crippen LogP contribution in [0, 0.1) is 5.92 Å². The van der Waals surface area contributed by atoms with Crippen molar-refractivity contribution in [1.82, 2.24) is 0 Å². The van der Waals surface area contributed by atoms with Crippen molar-refractivity contribution >= 4 is 5.97 Å². The van der Waals surface area contributed by atoms with Gasteiger partial charge in [0.05, 0.1) is 12.5 Å². The number of esters is 1. The number of methoxy groups -OCH3 is 1. The fourth-order valence-corrected chi connectivity index (χ4v) is 3.24. The highest BCUT2D eigenvalue weighted by atomic mass is 16.6. The molecular formula is C18H26O3. The molecule has 0 unspecified atom stereocenters. The number of rotatable bonds is 6. The lowest BCUT2D eigenvalue weighted by Crippen LogP contribution is -2.24. The third-order valence-electron chi connectivity index (χ3n) is 4.47. The van der Waals surface area contributed by atoms with Gasteiger partial charge in [0.15, 0.2) is 0 Å². The first-order valence-electron chi connectivity index (χ1n) is 7.99. The average Bonchev–Trinajstić information content (AvgIpc) is 2.55. The largest absolute Gasteiger partial charge is 0.463 e. The van der Waals surface area contributed by atoms with Gasteiger partial charge in [0.1, 0.15) is 6.61 Å². The molecule has 0 heterocycles. The molecule has 0 aromatic heterocycles. The van der Waals surface area contributed by atoms with E-state index in [0.717, 1.165) is 32.1 Å². The summed E-state index contributed by atoms with van der Waals surface area (Å²) in [6.07, 6.45) is 5.13. The number of benzene rings is 1. The molecule has 0 atom stereocenters. The molecule has 0 aliphatic heterocycles. The van der Waals surface area contributed by atoms with Crippen molar-refractivity contribution in [2.45, 2.75) is 44.9 Å². The Bertz CT molecular complexity index is 448. The van der Waals surface area contributed by atoms with Crippen molar-refractivity contribution in [3.8, 4) is 0 Å². The molecule has 116 valence electrons. The highest BCUT2D eigenvalue weighted by molar-refractivity contribution is 5.72. The van der Waals surface area contributed by atoms with E-state index in [4.69, 9.17) is 9.47 Å². The zero-order valence-corrected chi connectivity index (χ0v) is 13.1. The quantitative estimate of drug-likeness (QED) is 0.592. The van der Waals surface area contributed by atoms with Crippen LogP contribution in [0.2, 0.25) is 0 Å². The molecule has 0 spiro atoms. The Morgan fingerprint density at radius 1 is 1.14 bits per heavy atom. The number of hydrogen-bond acceptors (Lipinski definition) is 3. The summed E-state index contributed by atoms with van der Waals surface area (Å²) >= 11 is 0. The summed E-state index contributed by atoms with van der Waals surface area (Å²) in [5.41, 5.74) is 2.93. The van der Waals surface area contributed by atoms with Gasteiger partial charge < -0.3 is 9.47 Å². The fraction of sp³-hybridized carbons (Fsp3) is 0.611. The van der Waals surface area contributed by atoms with E-state index < -0.39 is 0 Å². The predicted octanol–water partition coefficient (Wildman–Crippen LogP) is 3.71. The summed E-state index contributed by atoms with van der Waals surface area (Å²) in [5, 5.41) is 0. The summed E-state index contributed by atoms with van der Waals surface area (Å²) in [6.45, 7) is 3.05. The van der Waals surface area contributed by atoms with E-state index in [1.165, 1.54) is 11.1 Å². The lowest BCUT2D eigenvalue weighted by molar-refractivity contribution is -0.151. The molecule has 1 fully saturated rings. The molecule has 21 heavy (non-hydrogen) atoms. The molecule has 0 amide bonds. The number of carbonyl (C=O) groups excluding carboxylic acids is 1. The number of carbonyl (C=O) groups is 1. The average molecular weight is 290 g/mol. The summed E-state index contributed by atoms with van der Waals surface area (Å²) in [6, 6.07) is 8.71. The molecule has 1 aliphatic carbocycles. The third kappa shape index (κ3) is 4.31. The van der Waals surface area contributed by atoms with Crippen LogP contribution in [0.4, 0.5) is 0 Å². The van der Waals surface area contributed by atoms with Crippen molar-refractivity contribution in [3.05, 3.63) is 35.4 Å². The van der Waals surface area contributed by atoms with E-state index in [1.807, 2.05) is 0 Å². The van der Waals surface area contributed by atoms with Gasteiger partial charge in [-0.1, -0.05) is 31.2 Å². The lowest BCUT2D eigenvalue weighted by atomic mass is 9.77. The van der Waals surface area contributed by atoms with Gasteiger partial charge in [-0.25, -0.2) is 0 Å². The summed E-state index contributed by atoms with van der Waals surface area (Å²) in [5.74, 6) is 0.630. The summed E-state index contributed by atoms with van der Waals surface area (Å²) in [7, 11) is 1.62. The Morgan fingerprint density at radius 3 is 2.52 bits per heavy atom. The van der Waals surface area contributed by atoms with Crippen LogP contribution < -0.4 is 0 Å². The van der Waals surface area contributed by atoms with Gasteiger partial charge in [0.25, 0.3) is 0 Å². The molecular weight excluding hydrogens is 264 g/mol. The molecule has 3 nitrogen and oxygen atoms in total. The first-order chi connectivity index (χ1) is 10.3. The highest BCUT2D eigenvalue weighted by Gasteiger charge is 2.28. The number of ether oxygens (including phenoxy) is 2. The van der Waals surface area contributed by atoms with Gasteiger partial charge in [0.2, 0.25) is 0 Å². The van der Waals surface area contributed by atoms with Crippen LogP contribution in [0.25, 0.3) is 0 Å². The lowest BCUT2D eigenvalue weighted by Gasteiger charge is -2.28. The Kier molecular flexibility index (Phi) is 6.24.